The molecule has 0 bridgehead atoms. The molecule has 142 valence electrons. The summed E-state index contributed by atoms with van der Waals surface area (Å²) in [6.07, 6.45) is -4.36. The van der Waals surface area contributed by atoms with Gasteiger partial charge in [-0.25, -0.2) is 0 Å². The minimum atomic E-state index is -4.36. The van der Waals surface area contributed by atoms with E-state index in [1.165, 1.54) is 12.1 Å². The number of halogens is 3. The second-order valence-corrected chi connectivity index (χ2v) is 5.82. The normalized spacial score (nSPS) is 11.6. The first kappa shape index (κ1) is 20.1. The van der Waals surface area contributed by atoms with Gasteiger partial charge >= 0.3 is 6.18 Å². The van der Waals surface area contributed by atoms with Crippen LogP contribution in [0.1, 0.15) is 5.56 Å². The quantitative estimate of drug-likeness (QED) is 0.714. The molecular formula is C19H23F3N2O2. The van der Waals surface area contributed by atoms with Crippen molar-refractivity contribution in [2.75, 3.05) is 51.2 Å². The maximum absolute atomic E-state index is 12.8. The van der Waals surface area contributed by atoms with Crippen molar-refractivity contribution in [1.29, 1.82) is 0 Å². The lowest BCUT2D eigenvalue weighted by atomic mass is 10.0. The third-order valence-electron chi connectivity index (χ3n) is 4.06. The molecule has 0 radical (unpaired) electrons. The molecule has 0 aliphatic carbocycles. The van der Waals surface area contributed by atoms with Gasteiger partial charge < -0.3 is 20.1 Å². The van der Waals surface area contributed by atoms with E-state index in [2.05, 4.69) is 4.90 Å². The lowest BCUT2D eigenvalue weighted by molar-refractivity contribution is -0.137. The van der Waals surface area contributed by atoms with Gasteiger partial charge in [-0.2, -0.15) is 13.2 Å². The molecule has 0 amide bonds. The van der Waals surface area contributed by atoms with Crippen LogP contribution in [0, 0.1) is 0 Å². The highest BCUT2D eigenvalue weighted by molar-refractivity contribution is 5.80. The summed E-state index contributed by atoms with van der Waals surface area (Å²) >= 11 is 0. The van der Waals surface area contributed by atoms with Gasteiger partial charge in [0.05, 0.1) is 18.8 Å². The van der Waals surface area contributed by atoms with Crippen molar-refractivity contribution in [1.82, 2.24) is 0 Å². The number of nitrogen functional groups attached to an aromatic ring is 1. The minimum Gasteiger partial charge on any atom is -0.398 e. The number of hydrogen-bond acceptors (Lipinski definition) is 4. The Morgan fingerprint density at radius 1 is 0.923 bits per heavy atom. The Morgan fingerprint density at radius 2 is 1.50 bits per heavy atom. The standard InChI is InChI=1S/C19H23F3N2O2/c1-25-11-9-24(10-12-26-2)16-7-8-18(23)17(13-16)14-3-5-15(6-4-14)19(20,21)22/h3-8,13H,9-12,23H2,1-2H3. The first-order valence-corrected chi connectivity index (χ1v) is 8.16. The van der Waals surface area contributed by atoms with E-state index in [4.69, 9.17) is 15.2 Å². The molecule has 2 N–H and O–H groups in total. The van der Waals surface area contributed by atoms with E-state index in [9.17, 15) is 13.2 Å². The van der Waals surface area contributed by atoms with Crippen LogP contribution in [0.15, 0.2) is 42.5 Å². The molecule has 0 atom stereocenters. The number of rotatable bonds is 8. The summed E-state index contributed by atoms with van der Waals surface area (Å²) in [6, 6.07) is 10.5. The first-order chi connectivity index (χ1) is 12.4. The molecule has 0 aromatic heterocycles. The molecule has 0 heterocycles. The van der Waals surface area contributed by atoms with E-state index in [1.807, 2.05) is 12.1 Å². The highest BCUT2D eigenvalue weighted by Crippen LogP contribution is 2.34. The molecule has 2 aromatic carbocycles. The summed E-state index contributed by atoms with van der Waals surface area (Å²) in [5.74, 6) is 0. The number of nitrogens with zero attached hydrogens (tertiary/aromatic N) is 1. The van der Waals surface area contributed by atoms with Crippen LogP contribution in [0.2, 0.25) is 0 Å². The largest absolute Gasteiger partial charge is 0.416 e. The van der Waals surface area contributed by atoms with Crippen LogP contribution in [0.5, 0.6) is 0 Å². The Hall–Kier alpha value is -2.25. The summed E-state index contributed by atoms with van der Waals surface area (Å²) in [5.41, 5.74) is 8.11. The first-order valence-electron chi connectivity index (χ1n) is 8.16. The minimum absolute atomic E-state index is 0.506. The molecule has 26 heavy (non-hydrogen) atoms. The number of ether oxygens (including phenoxy) is 2. The van der Waals surface area contributed by atoms with E-state index in [0.717, 1.165) is 17.8 Å². The Balaban J connectivity index is 2.33. The van der Waals surface area contributed by atoms with Crippen molar-refractivity contribution in [2.45, 2.75) is 6.18 Å². The Bertz CT molecular complexity index is 695. The van der Waals surface area contributed by atoms with Gasteiger partial charge in [0.25, 0.3) is 0 Å². The lowest BCUT2D eigenvalue weighted by Crippen LogP contribution is -2.30. The molecule has 0 aliphatic heterocycles. The van der Waals surface area contributed by atoms with Crippen LogP contribution in [-0.4, -0.2) is 40.5 Å². The lowest BCUT2D eigenvalue weighted by Gasteiger charge is -2.25. The fourth-order valence-corrected chi connectivity index (χ4v) is 2.60. The van der Waals surface area contributed by atoms with E-state index in [0.29, 0.717) is 43.1 Å². The molecule has 0 fully saturated rings. The van der Waals surface area contributed by atoms with Crippen molar-refractivity contribution in [3.63, 3.8) is 0 Å². The van der Waals surface area contributed by atoms with E-state index in [-0.39, 0.29) is 0 Å². The van der Waals surface area contributed by atoms with Crippen LogP contribution < -0.4 is 10.6 Å². The molecule has 0 unspecified atom stereocenters. The zero-order valence-electron chi connectivity index (χ0n) is 14.8. The predicted molar refractivity (Wildman–Crippen MR) is 97.3 cm³/mol. The zero-order chi connectivity index (χ0) is 19.2. The smallest absolute Gasteiger partial charge is 0.398 e. The summed E-state index contributed by atoms with van der Waals surface area (Å²) in [7, 11) is 3.26. The number of nitrogens with two attached hydrogens (primary N) is 1. The summed E-state index contributed by atoms with van der Waals surface area (Å²) in [5, 5.41) is 0. The van der Waals surface area contributed by atoms with E-state index < -0.39 is 11.7 Å². The van der Waals surface area contributed by atoms with Crippen molar-refractivity contribution in [3.05, 3.63) is 48.0 Å². The monoisotopic (exact) mass is 368 g/mol. The van der Waals surface area contributed by atoms with Crippen molar-refractivity contribution >= 4 is 11.4 Å². The average molecular weight is 368 g/mol. The van der Waals surface area contributed by atoms with Gasteiger partial charge in [-0.3, -0.25) is 0 Å². The highest BCUT2D eigenvalue weighted by Gasteiger charge is 2.30. The molecule has 7 heteroatoms. The van der Waals surface area contributed by atoms with Crippen LogP contribution in [0.4, 0.5) is 24.5 Å². The van der Waals surface area contributed by atoms with Crippen molar-refractivity contribution in [3.8, 4) is 11.1 Å². The number of anilines is 2. The molecule has 2 rings (SSSR count). The van der Waals surface area contributed by atoms with Gasteiger partial charge in [0.1, 0.15) is 0 Å². The number of methoxy groups -OCH3 is 2. The van der Waals surface area contributed by atoms with Gasteiger partial charge in [0.2, 0.25) is 0 Å². The zero-order valence-corrected chi connectivity index (χ0v) is 14.8. The second kappa shape index (κ2) is 8.91. The van der Waals surface area contributed by atoms with Crippen molar-refractivity contribution < 1.29 is 22.6 Å². The molecule has 4 nitrogen and oxygen atoms in total. The Labute approximate surface area is 151 Å². The molecular weight excluding hydrogens is 345 g/mol. The third-order valence-corrected chi connectivity index (χ3v) is 4.06. The Morgan fingerprint density at radius 3 is 2.00 bits per heavy atom. The molecule has 0 saturated carbocycles. The van der Waals surface area contributed by atoms with Crippen molar-refractivity contribution in [2.24, 2.45) is 0 Å². The second-order valence-electron chi connectivity index (χ2n) is 5.82. The van der Waals surface area contributed by atoms with Gasteiger partial charge in [0.15, 0.2) is 0 Å². The number of alkyl halides is 3. The highest BCUT2D eigenvalue weighted by atomic mass is 19.4. The molecule has 0 spiro atoms. The van der Waals surface area contributed by atoms with E-state index >= 15 is 0 Å². The summed E-state index contributed by atoms with van der Waals surface area (Å²) < 4.78 is 48.5. The van der Waals surface area contributed by atoms with Crippen LogP contribution in [0.25, 0.3) is 11.1 Å². The van der Waals surface area contributed by atoms with Crippen LogP contribution in [-0.2, 0) is 15.7 Å². The maximum atomic E-state index is 12.8. The molecule has 2 aromatic rings. The molecule has 0 aliphatic rings. The van der Waals surface area contributed by atoms with Crippen LogP contribution >= 0.6 is 0 Å². The number of benzene rings is 2. The van der Waals surface area contributed by atoms with Gasteiger partial charge in [-0.05, 0) is 35.9 Å². The predicted octanol–water partition coefficient (Wildman–Crippen LogP) is 4.05. The third kappa shape index (κ3) is 5.12. The number of hydrogen-bond donors (Lipinski definition) is 1. The SMILES string of the molecule is COCCN(CCOC)c1ccc(N)c(-c2ccc(C(F)(F)F)cc2)c1. The summed E-state index contributed by atoms with van der Waals surface area (Å²) in [6.45, 7) is 2.42. The van der Waals surface area contributed by atoms with Gasteiger partial charge in [-0.15, -0.1) is 0 Å². The van der Waals surface area contributed by atoms with E-state index in [1.54, 1.807) is 20.3 Å². The topological polar surface area (TPSA) is 47.7 Å². The maximum Gasteiger partial charge on any atom is 0.416 e. The average Bonchev–Trinajstić information content (AvgIpc) is 2.62. The molecule has 0 saturated heterocycles. The fraction of sp³-hybridized carbons (Fsp3) is 0.368. The van der Waals surface area contributed by atoms with Gasteiger partial charge in [0, 0.05) is 44.2 Å². The van der Waals surface area contributed by atoms with Crippen LogP contribution in [0.3, 0.4) is 0 Å². The summed E-state index contributed by atoms with van der Waals surface area (Å²) in [4.78, 5) is 2.08. The fourth-order valence-electron chi connectivity index (χ4n) is 2.60. The Kier molecular flexibility index (Phi) is 6.88. The van der Waals surface area contributed by atoms with Gasteiger partial charge in [-0.1, -0.05) is 12.1 Å².